The third kappa shape index (κ3) is 2.26. The fraction of sp³-hybridized carbons (Fsp3) is 0.250. The predicted octanol–water partition coefficient (Wildman–Crippen LogP) is 1.76. The minimum absolute atomic E-state index is 0.490. The lowest BCUT2D eigenvalue weighted by molar-refractivity contribution is -0.532. The first-order chi connectivity index (χ1) is 6.16. The van der Waals surface area contributed by atoms with E-state index in [9.17, 15) is 10.1 Å². The third-order valence-electron chi connectivity index (χ3n) is 1.69. The van der Waals surface area contributed by atoms with Crippen molar-refractivity contribution in [1.29, 1.82) is 0 Å². The normalized spacial score (nSPS) is 12.5. The number of nitro groups is 1. The van der Waals surface area contributed by atoms with Gasteiger partial charge in [0.1, 0.15) is 6.61 Å². The second-order valence-electron chi connectivity index (χ2n) is 2.51. The molecule has 0 aliphatic carbocycles. The summed E-state index contributed by atoms with van der Waals surface area (Å²) in [5.41, 5.74) is 0.495. The van der Waals surface area contributed by atoms with E-state index in [0.29, 0.717) is 10.0 Å². The molecule has 1 rings (SSSR count). The number of aliphatic hydroxyl groups excluding tert-OH is 1. The van der Waals surface area contributed by atoms with Crippen LogP contribution in [0.15, 0.2) is 28.7 Å². The summed E-state index contributed by atoms with van der Waals surface area (Å²) in [5.74, 6) is 0. The topological polar surface area (TPSA) is 63.4 Å². The SMILES string of the molecule is O=[N+]([O-])[C@H](CO)c1ccccc1Br. The van der Waals surface area contributed by atoms with Crippen molar-refractivity contribution in [1.82, 2.24) is 0 Å². The predicted molar refractivity (Wildman–Crippen MR) is 51.0 cm³/mol. The lowest BCUT2D eigenvalue weighted by Gasteiger charge is -2.07. The minimum Gasteiger partial charge on any atom is -0.389 e. The van der Waals surface area contributed by atoms with Crippen LogP contribution in [0.2, 0.25) is 0 Å². The van der Waals surface area contributed by atoms with Crippen LogP contribution in [-0.4, -0.2) is 16.6 Å². The van der Waals surface area contributed by atoms with Crippen molar-refractivity contribution in [3.63, 3.8) is 0 Å². The maximum atomic E-state index is 10.5. The van der Waals surface area contributed by atoms with Crippen LogP contribution in [0, 0.1) is 10.1 Å². The van der Waals surface area contributed by atoms with Crippen molar-refractivity contribution in [2.45, 2.75) is 6.04 Å². The molecule has 4 nitrogen and oxygen atoms in total. The van der Waals surface area contributed by atoms with E-state index in [1.165, 1.54) is 0 Å². The van der Waals surface area contributed by atoms with E-state index in [4.69, 9.17) is 5.11 Å². The quantitative estimate of drug-likeness (QED) is 0.652. The average Bonchev–Trinajstić information content (AvgIpc) is 2.09. The molecule has 70 valence electrons. The van der Waals surface area contributed by atoms with Gasteiger partial charge in [-0.3, -0.25) is 10.1 Å². The van der Waals surface area contributed by atoms with E-state index in [1.807, 2.05) is 0 Å². The van der Waals surface area contributed by atoms with E-state index in [0.717, 1.165) is 0 Å². The standard InChI is InChI=1S/C8H8BrNO3/c9-7-4-2-1-3-6(7)8(5-11)10(12)13/h1-4,8,11H,5H2/t8-/m1/s1. The summed E-state index contributed by atoms with van der Waals surface area (Å²) in [5, 5.41) is 19.3. The van der Waals surface area contributed by atoms with Gasteiger partial charge in [-0.15, -0.1) is 0 Å². The van der Waals surface area contributed by atoms with Crippen LogP contribution in [0.3, 0.4) is 0 Å². The number of hydrogen-bond donors (Lipinski definition) is 1. The Balaban J connectivity index is 3.04. The van der Waals surface area contributed by atoms with Crippen molar-refractivity contribution in [2.24, 2.45) is 0 Å². The van der Waals surface area contributed by atoms with Gasteiger partial charge in [0, 0.05) is 15.0 Å². The molecule has 0 aromatic heterocycles. The van der Waals surface area contributed by atoms with Crippen molar-refractivity contribution in [3.05, 3.63) is 44.4 Å². The van der Waals surface area contributed by atoms with Crippen LogP contribution >= 0.6 is 15.9 Å². The second-order valence-corrected chi connectivity index (χ2v) is 3.36. The summed E-state index contributed by atoms with van der Waals surface area (Å²) < 4.78 is 0.644. The molecule has 0 unspecified atom stereocenters. The summed E-state index contributed by atoms with van der Waals surface area (Å²) in [4.78, 5) is 10.0. The van der Waals surface area contributed by atoms with Crippen molar-refractivity contribution in [3.8, 4) is 0 Å². The highest BCUT2D eigenvalue weighted by atomic mass is 79.9. The molecule has 0 radical (unpaired) electrons. The first kappa shape index (κ1) is 10.1. The fourth-order valence-corrected chi connectivity index (χ4v) is 1.57. The van der Waals surface area contributed by atoms with Crippen LogP contribution in [0.4, 0.5) is 0 Å². The molecule has 0 aliphatic heterocycles. The number of halogens is 1. The maximum absolute atomic E-state index is 10.5. The van der Waals surface area contributed by atoms with E-state index in [1.54, 1.807) is 24.3 Å². The van der Waals surface area contributed by atoms with Gasteiger partial charge in [-0.1, -0.05) is 34.1 Å². The van der Waals surface area contributed by atoms with Crippen LogP contribution in [0.25, 0.3) is 0 Å². The summed E-state index contributed by atoms with van der Waals surface area (Å²) in [6.45, 7) is -0.490. The molecule has 0 bridgehead atoms. The Morgan fingerprint density at radius 2 is 2.15 bits per heavy atom. The molecular weight excluding hydrogens is 238 g/mol. The fourth-order valence-electron chi connectivity index (χ4n) is 1.02. The van der Waals surface area contributed by atoms with Crippen LogP contribution in [0.5, 0.6) is 0 Å². The highest BCUT2D eigenvalue weighted by Gasteiger charge is 2.23. The van der Waals surface area contributed by atoms with E-state index < -0.39 is 17.6 Å². The van der Waals surface area contributed by atoms with Gasteiger partial charge in [0.25, 0.3) is 6.04 Å². The molecule has 1 aromatic rings. The highest BCUT2D eigenvalue weighted by Crippen LogP contribution is 2.24. The molecule has 13 heavy (non-hydrogen) atoms. The Morgan fingerprint density at radius 3 is 2.62 bits per heavy atom. The zero-order valence-electron chi connectivity index (χ0n) is 6.68. The van der Waals surface area contributed by atoms with Crippen LogP contribution in [-0.2, 0) is 0 Å². The molecule has 5 heteroatoms. The van der Waals surface area contributed by atoms with Gasteiger partial charge in [0.2, 0.25) is 0 Å². The summed E-state index contributed by atoms with van der Waals surface area (Å²) in [6, 6.07) is 5.75. The van der Waals surface area contributed by atoms with Gasteiger partial charge in [-0.2, -0.15) is 0 Å². The number of aliphatic hydroxyl groups is 1. The Morgan fingerprint density at radius 1 is 1.54 bits per heavy atom. The highest BCUT2D eigenvalue weighted by molar-refractivity contribution is 9.10. The van der Waals surface area contributed by atoms with Gasteiger partial charge >= 0.3 is 0 Å². The monoisotopic (exact) mass is 245 g/mol. The zero-order chi connectivity index (χ0) is 9.84. The lowest BCUT2D eigenvalue weighted by Crippen LogP contribution is -2.14. The zero-order valence-corrected chi connectivity index (χ0v) is 8.27. The summed E-state index contributed by atoms with van der Waals surface area (Å²) in [6.07, 6.45) is 0. The molecule has 0 saturated heterocycles. The van der Waals surface area contributed by atoms with Gasteiger partial charge in [0.05, 0.1) is 0 Å². The van der Waals surface area contributed by atoms with E-state index in [2.05, 4.69) is 15.9 Å². The second kappa shape index (κ2) is 4.34. The van der Waals surface area contributed by atoms with Crippen LogP contribution < -0.4 is 0 Å². The largest absolute Gasteiger partial charge is 0.389 e. The summed E-state index contributed by atoms with van der Waals surface area (Å²) >= 11 is 3.19. The lowest BCUT2D eigenvalue weighted by atomic mass is 10.1. The Bertz CT molecular complexity index is 316. The number of rotatable bonds is 3. The molecule has 0 aliphatic rings. The molecule has 0 fully saturated rings. The first-order valence-corrected chi connectivity index (χ1v) is 4.45. The number of benzene rings is 1. The molecular formula is C8H8BrNO3. The Kier molecular flexibility index (Phi) is 3.39. The minimum atomic E-state index is -1.05. The Hall–Kier alpha value is -0.940. The van der Waals surface area contributed by atoms with Crippen molar-refractivity contribution < 1.29 is 10.0 Å². The van der Waals surface area contributed by atoms with Crippen molar-refractivity contribution in [2.75, 3.05) is 6.61 Å². The molecule has 0 heterocycles. The molecule has 0 saturated carbocycles. The smallest absolute Gasteiger partial charge is 0.261 e. The number of hydrogen-bond acceptors (Lipinski definition) is 3. The van der Waals surface area contributed by atoms with Gasteiger partial charge in [-0.25, -0.2) is 0 Å². The number of nitrogens with zero attached hydrogens (tertiary/aromatic N) is 1. The van der Waals surface area contributed by atoms with E-state index in [-0.39, 0.29) is 0 Å². The van der Waals surface area contributed by atoms with Gasteiger partial charge in [0.15, 0.2) is 0 Å². The molecule has 1 atom stereocenters. The van der Waals surface area contributed by atoms with Crippen LogP contribution in [0.1, 0.15) is 11.6 Å². The molecule has 1 N–H and O–H groups in total. The van der Waals surface area contributed by atoms with Crippen molar-refractivity contribution >= 4 is 15.9 Å². The van der Waals surface area contributed by atoms with Gasteiger partial charge < -0.3 is 5.11 Å². The van der Waals surface area contributed by atoms with Gasteiger partial charge in [-0.05, 0) is 6.07 Å². The molecule has 0 amide bonds. The molecule has 1 aromatic carbocycles. The molecule has 0 spiro atoms. The average molecular weight is 246 g/mol. The third-order valence-corrected chi connectivity index (χ3v) is 2.41. The maximum Gasteiger partial charge on any atom is 0.261 e. The summed E-state index contributed by atoms with van der Waals surface area (Å²) in [7, 11) is 0. The van der Waals surface area contributed by atoms with E-state index >= 15 is 0 Å². The first-order valence-electron chi connectivity index (χ1n) is 3.65. The Labute approximate surface area is 83.5 Å².